The van der Waals surface area contributed by atoms with E-state index in [1.165, 1.54) is 99.7 Å². The molecule has 0 spiro atoms. The number of anilines is 6. The van der Waals surface area contributed by atoms with Crippen LogP contribution in [0.2, 0.25) is 0 Å². The summed E-state index contributed by atoms with van der Waals surface area (Å²) >= 11 is 0. The molecule has 0 atom stereocenters. The fraction of sp³-hybridized carbons (Fsp3) is 0.175. The molecule has 11 aromatic carbocycles. The standard InChI is InChI=1S/C80H68B4N2O4/c1-41-15-19-67-59(33-41)81-61-35-43(3)17-21-69(61)89-79-75-65(39-71(87-67)77(79)81)85(55-29-45(5)23-46(6)30-55)63-38-64-58(37-57(63)83(75)73-51(11)25-49(9)26-52(73)12)84(74-53(13)27-50(10)28-54(74)14)76-66(86(64)56-31-47(7)24-48(8)32-56)40-72-78-80(76)90-70-22-18-44(4)36-62(70)82(78)60-34-42(2)16-20-68(60)88-72/h15-40H,1-14H3. The molecule has 10 heteroatoms. The highest BCUT2D eigenvalue weighted by atomic mass is 16.5. The van der Waals surface area contributed by atoms with E-state index in [1.54, 1.807) is 0 Å². The van der Waals surface area contributed by atoms with Crippen LogP contribution in [0.3, 0.4) is 0 Å². The lowest BCUT2D eigenvalue weighted by Crippen LogP contribution is -2.66. The molecule has 0 fully saturated rings. The molecule has 0 aliphatic carbocycles. The van der Waals surface area contributed by atoms with E-state index in [9.17, 15) is 0 Å². The molecule has 0 aromatic heterocycles. The molecule has 0 N–H and O–H groups in total. The number of ether oxygens (including phenoxy) is 4. The summed E-state index contributed by atoms with van der Waals surface area (Å²) in [5.41, 5.74) is 37.3. The van der Waals surface area contributed by atoms with Gasteiger partial charge in [0.1, 0.15) is 46.0 Å². The third-order valence-electron chi connectivity index (χ3n) is 20.3. The molecule has 0 bridgehead atoms. The maximum Gasteiger partial charge on any atom is 0.260 e. The molecule has 0 saturated heterocycles. The fourth-order valence-electron chi connectivity index (χ4n) is 17.2. The van der Waals surface area contributed by atoms with Gasteiger partial charge >= 0.3 is 0 Å². The van der Waals surface area contributed by atoms with Crippen molar-refractivity contribution in [3.05, 3.63) is 236 Å². The Hall–Kier alpha value is -9.52. The predicted octanol–water partition coefficient (Wildman–Crippen LogP) is 12.1. The van der Waals surface area contributed by atoms with Crippen LogP contribution in [0.4, 0.5) is 34.1 Å². The summed E-state index contributed by atoms with van der Waals surface area (Å²) in [5.74, 6) is 6.84. The van der Waals surface area contributed by atoms with Crippen LogP contribution >= 0.6 is 0 Å². The van der Waals surface area contributed by atoms with Crippen molar-refractivity contribution in [1.82, 2.24) is 0 Å². The van der Waals surface area contributed by atoms with E-state index >= 15 is 0 Å². The van der Waals surface area contributed by atoms with Crippen molar-refractivity contribution in [3.63, 3.8) is 0 Å². The van der Waals surface area contributed by atoms with Gasteiger partial charge in [-0.15, -0.1) is 0 Å². The Labute approximate surface area is 530 Å². The second kappa shape index (κ2) is 19.5. The zero-order valence-corrected chi connectivity index (χ0v) is 53.8. The van der Waals surface area contributed by atoms with Gasteiger partial charge in [-0.2, -0.15) is 0 Å². The van der Waals surface area contributed by atoms with Crippen molar-refractivity contribution in [1.29, 1.82) is 0 Å². The van der Waals surface area contributed by atoms with E-state index in [-0.39, 0.29) is 26.9 Å². The van der Waals surface area contributed by atoms with Crippen LogP contribution in [0.25, 0.3) is 0 Å². The van der Waals surface area contributed by atoms with Crippen LogP contribution in [0.5, 0.6) is 46.0 Å². The first-order chi connectivity index (χ1) is 43.3. The summed E-state index contributed by atoms with van der Waals surface area (Å²) in [7, 11) is 0. The summed E-state index contributed by atoms with van der Waals surface area (Å²) in [5, 5.41) is 0. The van der Waals surface area contributed by atoms with Gasteiger partial charge in [0.15, 0.2) is 0 Å². The summed E-state index contributed by atoms with van der Waals surface area (Å²) in [4.78, 5) is 5.10. The lowest BCUT2D eigenvalue weighted by Gasteiger charge is -2.45. The van der Waals surface area contributed by atoms with Crippen molar-refractivity contribution >= 4 is 127 Å². The Kier molecular flexibility index (Phi) is 11.8. The number of rotatable bonds is 4. The molecule has 6 aliphatic heterocycles. The van der Waals surface area contributed by atoms with E-state index < -0.39 is 0 Å². The lowest BCUT2D eigenvalue weighted by atomic mass is 9.28. The van der Waals surface area contributed by atoms with Crippen molar-refractivity contribution in [2.24, 2.45) is 0 Å². The monoisotopic (exact) mass is 1160 g/mol. The molecule has 0 radical (unpaired) electrons. The van der Waals surface area contributed by atoms with E-state index in [0.29, 0.717) is 0 Å². The Morgan fingerprint density at radius 1 is 0.222 bits per heavy atom. The summed E-state index contributed by atoms with van der Waals surface area (Å²) in [6, 6.07) is 60.2. The molecule has 434 valence electrons. The number of hydrogen-bond donors (Lipinski definition) is 0. The molecular formula is C80H68B4N2O4. The molecule has 0 amide bonds. The van der Waals surface area contributed by atoms with Gasteiger partial charge in [-0.05, 0) is 217 Å². The van der Waals surface area contributed by atoms with Crippen LogP contribution < -0.4 is 94.3 Å². The van der Waals surface area contributed by atoms with E-state index in [2.05, 4.69) is 264 Å². The molecule has 90 heavy (non-hydrogen) atoms. The molecule has 6 aliphatic rings. The molecule has 0 saturated carbocycles. The molecule has 17 rings (SSSR count). The van der Waals surface area contributed by atoms with E-state index in [1.807, 2.05) is 0 Å². The molecule has 6 heterocycles. The second-order valence-corrected chi connectivity index (χ2v) is 27.4. The first kappa shape index (κ1) is 54.6. The van der Waals surface area contributed by atoms with Crippen molar-refractivity contribution in [3.8, 4) is 46.0 Å². The maximum atomic E-state index is 7.74. The molecule has 0 unspecified atom stereocenters. The fourth-order valence-corrected chi connectivity index (χ4v) is 17.2. The largest absolute Gasteiger partial charge is 0.459 e. The number of aryl methyl sites for hydroxylation is 14. The molecule has 6 nitrogen and oxygen atoms in total. The third-order valence-corrected chi connectivity index (χ3v) is 20.3. The normalized spacial score (nSPS) is 13.9. The minimum absolute atomic E-state index is 0.131. The first-order valence-electron chi connectivity index (χ1n) is 32.0. The highest BCUT2D eigenvalue weighted by Gasteiger charge is 2.52. The Morgan fingerprint density at radius 3 is 0.867 bits per heavy atom. The van der Waals surface area contributed by atoms with Gasteiger partial charge in [-0.3, -0.25) is 0 Å². The van der Waals surface area contributed by atoms with Crippen LogP contribution in [0, 0.1) is 96.9 Å². The highest BCUT2D eigenvalue weighted by molar-refractivity contribution is 7.04. The van der Waals surface area contributed by atoms with Crippen molar-refractivity contribution in [2.45, 2.75) is 96.9 Å². The lowest BCUT2D eigenvalue weighted by molar-refractivity contribution is 0.466. The third kappa shape index (κ3) is 8.01. The maximum absolute atomic E-state index is 7.74. The number of hydrogen-bond acceptors (Lipinski definition) is 6. The van der Waals surface area contributed by atoms with Gasteiger partial charge < -0.3 is 28.7 Å². The van der Waals surface area contributed by atoms with Gasteiger partial charge in [0.2, 0.25) is 0 Å². The predicted molar refractivity (Wildman–Crippen MR) is 380 cm³/mol. The van der Waals surface area contributed by atoms with E-state index in [4.69, 9.17) is 18.9 Å². The Morgan fingerprint density at radius 2 is 0.533 bits per heavy atom. The van der Waals surface area contributed by atoms with Crippen molar-refractivity contribution in [2.75, 3.05) is 9.80 Å². The van der Waals surface area contributed by atoms with E-state index in [0.717, 1.165) is 124 Å². The second-order valence-electron chi connectivity index (χ2n) is 27.4. The van der Waals surface area contributed by atoms with Crippen molar-refractivity contribution < 1.29 is 18.9 Å². The quantitative estimate of drug-likeness (QED) is 0.164. The highest BCUT2D eigenvalue weighted by Crippen LogP contribution is 2.49. The Bertz CT molecular complexity index is 4660. The minimum atomic E-state index is -0.308. The SMILES string of the molecule is Cc1cc(C)cc(N2c3cc4c(cc3B(c3c(C)cc(C)cc3C)c3c2cc2c5c3Oc3ccc(C)cc3B5c3cc(C)ccc3O2)B(c2c(C)cc(C)cc2C)c2c(cc3c5c2Oc2ccc(C)cc2B5c2cc(C)ccc2O3)N4c2cc(C)cc(C)c2)c1. The Balaban J connectivity index is 1.04. The number of benzene rings is 11. The van der Waals surface area contributed by atoms with Crippen LogP contribution in [0.15, 0.2) is 158 Å². The minimum Gasteiger partial charge on any atom is -0.459 e. The molecular weight excluding hydrogens is 1100 g/mol. The van der Waals surface area contributed by atoms with Gasteiger partial charge in [-0.25, -0.2) is 0 Å². The average molecular weight is 1160 g/mol. The zero-order chi connectivity index (χ0) is 61.8. The average Bonchev–Trinajstić information content (AvgIpc) is 0.691. The smallest absolute Gasteiger partial charge is 0.260 e. The van der Waals surface area contributed by atoms with Gasteiger partial charge in [-0.1, -0.05) is 158 Å². The zero-order valence-electron chi connectivity index (χ0n) is 53.8. The van der Waals surface area contributed by atoms with Gasteiger partial charge in [0.25, 0.3) is 26.9 Å². The topological polar surface area (TPSA) is 43.4 Å². The van der Waals surface area contributed by atoms with Gasteiger partial charge in [0, 0.05) is 57.2 Å². The number of fused-ring (bicyclic) bond motifs is 14. The summed E-state index contributed by atoms with van der Waals surface area (Å²) in [6.07, 6.45) is 0. The van der Waals surface area contributed by atoms with Crippen LogP contribution in [-0.4, -0.2) is 26.9 Å². The first-order valence-corrected chi connectivity index (χ1v) is 32.0. The van der Waals surface area contributed by atoms with Crippen LogP contribution in [0.1, 0.15) is 77.9 Å². The molecule has 11 aromatic rings. The summed E-state index contributed by atoms with van der Waals surface area (Å²) < 4.78 is 30.1. The van der Waals surface area contributed by atoms with Crippen LogP contribution in [-0.2, 0) is 0 Å². The number of nitrogens with zero attached hydrogens (tertiary/aromatic N) is 2. The summed E-state index contributed by atoms with van der Waals surface area (Å²) in [6.45, 7) is 30.5. The van der Waals surface area contributed by atoms with Gasteiger partial charge in [0.05, 0.1) is 0 Å².